The monoisotopic (exact) mass is 283 g/mol. The summed E-state index contributed by atoms with van der Waals surface area (Å²) in [5, 5.41) is 3.98. The van der Waals surface area contributed by atoms with Gasteiger partial charge in [0, 0.05) is 6.42 Å². The molecule has 2 heterocycles. The van der Waals surface area contributed by atoms with Crippen molar-refractivity contribution in [2.45, 2.75) is 25.9 Å². The molecule has 0 saturated carbocycles. The number of ether oxygens (including phenoxy) is 1. The Bertz CT molecular complexity index is 574. The van der Waals surface area contributed by atoms with Crippen LogP contribution in [-0.4, -0.2) is 23.8 Å². The highest BCUT2D eigenvalue weighted by Crippen LogP contribution is 2.36. The summed E-state index contributed by atoms with van der Waals surface area (Å²) in [7, 11) is 1.25. The van der Waals surface area contributed by atoms with Crippen molar-refractivity contribution in [2.75, 3.05) is 12.8 Å². The minimum Gasteiger partial charge on any atom is -0.464 e. The number of anilines is 1. The van der Waals surface area contributed by atoms with Gasteiger partial charge in [0.1, 0.15) is 0 Å². The smallest absolute Gasteiger partial charge is 0.358 e. The predicted molar refractivity (Wildman–Crippen MR) is 71.2 cm³/mol. The van der Waals surface area contributed by atoms with Crippen molar-refractivity contribution in [2.24, 2.45) is 5.16 Å². The van der Waals surface area contributed by atoms with E-state index in [1.54, 1.807) is 6.07 Å². The largest absolute Gasteiger partial charge is 0.464 e. The molecule has 102 valence electrons. The standard InChI is InChI=1S/C12H14ClN3O3/c1-6-5-12(2,19-16-6)8-4-7(14)9(13)10(15-8)11(17)18-3/h4H,5H2,1-3H3,(H2,14,15). The van der Waals surface area contributed by atoms with Crippen molar-refractivity contribution < 1.29 is 14.4 Å². The molecule has 0 aromatic carbocycles. The summed E-state index contributed by atoms with van der Waals surface area (Å²) in [5.74, 6) is -0.641. The fourth-order valence-corrected chi connectivity index (χ4v) is 2.09. The van der Waals surface area contributed by atoms with Crippen LogP contribution < -0.4 is 5.73 Å². The first-order valence-electron chi connectivity index (χ1n) is 5.64. The summed E-state index contributed by atoms with van der Waals surface area (Å²) >= 11 is 5.96. The quantitative estimate of drug-likeness (QED) is 0.840. The lowest BCUT2D eigenvalue weighted by molar-refractivity contribution is -0.0109. The lowest BCUT2D eigenvalue weighted by atomic mass is 9.95. The molecular formula is C12H14ClN3O3. The van der Waals surface area contributed by atoms with Crippen LogP contribution in [0.4, 0.5) is 5.69 Å². The minimum absolute atomic E-state index is 0.0199. The van der Waals surface area contributed by atoms with Crippen LogP contribution in [0, 0.1) is 0 Å². The van der Waals surface area contributed by atoms with Crippen LogP contribution >= 0.6 is 11.6 Å². The number of esters is 1. The first-order chi connectivity index (χ1) is 8.87. The van der Waals surface area contributed by atoms with Crippen LogP contribution in [0.25, 0.3) is 0 Å². The number of rotatable bonds is 2. The zero-order chi connectivity index (χ0) is 14.2. The van der Waals surface area contributed by atoms with Crippen molar-refractivity contribution >= 4 is 29.0 Å². The molecule has 0 bridgehead atoms. The number of hydrogen-bond donors (Lipinski definition) is 1. The molecule has 1 unspecified atom stereocenters. The highest BCUT2D eigenvalue weighted by Gasteiger charge is 2.37. The van der Waals surface area contributed by atoms with Gasteiger partial charge in [-0.25, -0.2) is 9.78 Å². The molecule has 0 fully saturated rings. The van der Waals surface area contributed by atoms with Crippen LogP contribution in [-0.2, 0) is 15.2 Å². The molecule has 0 saturated heterocycles. The van der Waals surface area contributed by atoms with Gasteiger partial charge in [0.25, 0.3) is 0 Å². The van der Waals surface area contributed by atoms with Gasteiger partial charge in [0.05, 0.1) is 29.2 Å². The Kier molecular flexibility index (Phi) is 3.36. The Morgan fingerprint density at radius 1 is 1.63 bits per heavy atom. The fourth-order valence-electron chi connectivity index (χ4n) is 1.92. The van der Waals surface area contributed by atoms with E-state index in [9.17, 15) is 4.79 Å². The van der Waals surface area contributed by atoms with E-state index in [1.165, 1.54) is 7.11 Å². The second-order valence-electron chi connectivity index (χ2n) is 4.58. The first-order valence-corrected chi connectivity index (χ1v) is 6.01. The number of carbonyl (C=O) groups is 1. The third kappa shape index (κ3) is 2.35. The van der Waals surface area contributed by atoms with Gasteiger partial charge >= 0.3 is 5.97 Å². The van der Waals surface area contributed by atoms with E-state index in [2.05, 4.69) is 14.9 Å². The SMILES string of the molecule is COC(=O)c1nc(C2(C)CC(C)=NO2)cc(N)c1Cl. The molecule has 19 heavy (non-hydrogen) atoms. The normalized spacial score (nSPS) is 21.8. The van der Waals surface area contributed by atoms with Gasteiger partial charge in [-0.1, -0.05) is 16.8 Å². The number of nitrogen functional groups attached to an aromatic ring is 1. The molecule has 0 radical (unpaired) electrons. The summed E-state index contributed by atoms with van der Waals surface area (Å²) in [6, 6.07) is 1.59. The molecule has 1 aromatic rings. The molecule has 1 aromatic heterocycles. The van der Waals surface area contributed by atoms with E-state index >= 15 is 0 Å². The number of nitrogens with two attached hydrogens (primary N) is 1. The van der Waals surface area contributed by atoms with Crippen molar-refractivity contribution in [3.63, 3.8) is 0 Å². The number of carbonyl (C=O) groups excluding carboxylic acids is 1. The van der Waals surface area contributed by atoms with E-state index in [-0.39, 0.29) is 16.4 Å². The van der Waals surface area contributed by atoms with E-state index in [0.717, 1.165) is 5.71 Å². The maximum atomic E-state index is 11.6. The third-order valence-electron chi connectivity index (χ3n) is 2.90. The molecular weight excluding hydrogens is 270 g/mol. The van der Waals surface area contributed by atoms with Gasteiger partial charge in [0.15, 0.2) is 11.3 Å². The molecule has 1 aliphatic rings. The number of oxime groups is 1. The third-order valence-corrected chi connectivity index (χ3v) is 3.30. The maximum Gasteiger partial charge on any atom is 0.358 e. The van der Waals surface area contributed by atoms with E-state index in [1.807, 2.05) is 13.8 Å². The Morgan fingerprint density at radius 3 is 2.84 bits per heavy atom. The summed E-state index contributed by atoms with van der Waals surface area (Å²) < 4.78 is 4.63. The van der Waals surface area contributed by atoms with Crippen LogP contribution in [0.15, 0.2) is 11.2 Å². The van der Waals surface area contributed by atoms with Crippen LogP contribution in [0.2, 0.25) is 5.02 Å². The van der Waals surface area contributed by atoms with Crippen molar-refractivity contribution in [3.8, 4) is 0 Å². The summed E-state index contributed by atoms with van der Waals surface area (Å²) in [6.07, 6.45) is 0.571. The van der Waals surface area contributed by atoms with Gasteiger partial charge in [0.2, 0.25) is 0 Å². The highest BCUT2D eigenvalue weighted by molar-refractivity contribution is 6.35. The predicted octanol–water partition coefficient (Wildman–Crippen LogP) is 2.12. The van der Waals surface area contributed by atoms with E-state index in [4.69, 9.17) is 22.2 Å². The van der Waals surface area contributed by atoms with Gasteiger partial charge in [-0.2, -0.15) is 0 Å². The molecule has 0 spiro atoms. The molecule has 0 amide bonds. The zero-order valence-corrected chi connectivity index (χ0v) is 11.6. The molecule has 1 aliphatic heterocycles. The number of hydrogen-bond acceptors (Lipinski definition) is 6. The van der Waals surface area contributed by atoms with Crippen LogP contribution in [0.5, 0.6) is 0 Å². The Hall–Kier alpha value is -1.82. The van der Waals surface area contributed by atoms with Crippen LogP contribution in [0.1, 0.15) is 36.5 Å². The Morgan fingerprint density at radius 2 is 2.32 bits per heavy atom. The van der Waals surface area contributed by atoms with Crippen LogP contribution in [0.3, 0.4) is 0 Å². The maximum absolute atomic E-state index is 11.6. The zero-order valence-electron chi connectivity index (χ0n) is 10.9. The molecule has 0 aliphatic carbocycles. The van der Waals surface area contributed by atoms with Crippen molar-refractivity contribution in [3.05, 3.63) is 22.5 Å². The second kappa shape index (κ2) is 4.70. The summed E-state index contributed by atoms with van der Waals surface area (Å²) in [5.41, 5.74) is 6.63. The summed E-state index contributed by atoms with van der Waals surface area (Å²) in [4.78, 5) is 21.2. The first kappa shape index (κ1) is 13.6. The average molecular weight is 284 g/mol. The van der Waals surface area contributed by atoms with Gasteiger partial charge in [-0.05, 0) is 19.9 Å². The van der Waals surface area contributed by atoms with E-state index < -0.39 is 11.6 Å². The summed E-state index contributed by atoms with van der Waals surface area (Å²) in [6.45, 7) is 3.68. The lowest BCUT2D eigenvalue weighted by Gasteiger charge is -2.22. The molecule has 2 N–H and O–H groups in total. The van der Waals surface area contributed by atoms with E-state index in [0.29, 0.717) is 12.1 Å². The Labute approximate surface area is 115 Å². The number of halogens is 1. The number of nitrogens with zero attached hydrogens (tertiary/aromatic N) is 2. The van der Waals surface area contributed by atoms with Gasteiger partial charge in [-0.3, -0.25) is 0 Å². The highest BCUT2D eigenvalue weighted by atomic mass is 35.5. The number of pyridine rings is 1. The van der Waals surface area contributed by atoms with Crippen molar-refractivity contribution in [1.29, 1.82) is 0 Å². The molecule has 6 nitrogen and oxygen atoms in total. The molecule has 7 heteroatoms. The topological polar surface area (TPSA) is 86.8 Å². The fraction of sp³-hybridized carbons (Fsp3) is 0.417. The number of methoxy groups -OCH3 is 1. The molecule has 1 atom stereocenters. The minimum atomic E-state index is -0.744. The molecule has 2 rings (SSSR count). The van der Waals surface area contributed by atoms with Crippen molar-refractivity contribution in [1.82, 2.24) is 4.98 Å². The lowest BCUT2D eigenvalue weighted by Crippen LogP contribution is -2.25. The second-order valence-corrected chi connectivity index (χ2v) is 4.95. The number of aromatic nitrogens is 1. The Balaban J connectivity index is 2.49. The van der Waals surface area contributed by atoms with Gasteiger partial charge < -0.3 is 15.3 Å². The van der Waals surface area contributed by atoms with Gasteiger partial charge in [-0.15, -0.1) is 0 Å². The average Bonchev–Trinajstić information content (AvgIpc) is 2.72.